The first-order valence-electron chi connectivity index (χ1n) is 24.4. The maximum absolute atomic E-state index is 12.7. The van der Waals surface area contributed by atoms with Crippen LogP contribution in [0.4, 0.5) is 0 Å². The maximum Gasteiger partial charge on any atom is 0.187 e. The van der Waals surface area contributed by atoms with Gasteiger partial charge in [-0.05, 0) is 124 Å². The summed E-state index contributed by atoms with van der Waals surface area (Å²) >= 11 is 0. The van der Waals surface area contributed by atoms with Gasteiger partial charge in [0, 0.05) is 0 Å². The van der Waals surface area contributed by atoms with Gasteiger partial charge >= 0.3 is 0 Å². The van der Waals surface area contributed by atoms with Crippen LogP contribution in [0.5, 0.6) is 0 Å². The molecule has 12 N–H and O–H groups in total. The zero-order valence-electron chi connectivity index (χ0n) is 40.0. The second kappa shape index (κ2) is 19.6. The van der Waals surface area contributed by atoms with Crippen LogP contribution in [0.25, 0.3) is 0 Å². The van der Waals surface area contributed by atoms with Crippen molar-refractivity contribution in [1.29, 1.82) is 0 Å². The van der Waals surface area contributed by atoms with E-state index in [2.05, 4.69) is 40.7 Å². The van der Waals surface area contributed by atoms with Crippen LogP contribution in [0, 0.1) is 45.3 Å². The fourth-order valence-electron chi connectivity index (χ4n) is 14.9. The summed E-state index contributed by atoms with van der Waals surface area (Å²) in [7, 11) is 0. The van der Waals surface area contributed by atoms with Crippen molar-refractivity contribution in [2.45, 2.75) is 223 Å². The number of hydrogen-bond donors (Lipinski definition) is 12. The second-order valence-corrected chi connectivity index (χ2v) is 22.9. The van der Waals surface area contributed by atoms with E-state index < -0.39 is 135 Å². The molecule has 4 saturated carbocycles. The van der Waals surface area contributed by atoms with Gasteiger partial charge < -0.3 is 89.7 Å². The predicted octanol–water partition coefficient (Wildman–Crippen LogP) is -0.0268. The van der Waals surface area contributed by atoms with E-state index in [9.17, 15) is 61.3 Å². The van der Waals surface area contributed by atoms with Gasteiger partial charge in [-0.25, -0.2) is 0 Å². The van der Waals surface area contributed by atoms with E-state index in [0.717, 1.165) is 37.7 Å². The number of aliphatic hydroxyl groups is 12. The molecule has 0 spiro atoms. The van der Waals surface area contributed by atoms with E-state index in [1.807, 2.05) is 20.8 Å². The Balaban J connectivity index is 1.13. The molecule has 25 atom stereocenters. The van der Waals surface area contributed by atoms with Crippen LogP contribution >= 0.6 is 0 Å². The standard InChI is InChI=1S/C48H82O18/c1-22(2)10-9-14-48(8,66-42-39(60)36(57)33(54)26(20-50)62-42)23-11-16-47(7)31(23)24(52)18-29-45(5)15-13-30(44(3,4)28(45)12-17-46(29,47)6)64-43-40(37(58)34(55)27(21-51)63-43)65-41-38(59)35(56)32(53)25(19-49)61-41/h10,23-43,49-60H,9,11-21H2,1-8H3/t23-,24+,25+,26+,27+,28?,29+,30-,31?,32+,33+,34+,35-,36-,37-,38+,39+,40+,41-,42-,43-,45-,46+,47+,48-/m0/s1. The van der Waals surface area contributed by atoms with Crippen molar-refractivity contribution in [2.24, 2.45) is 45.3 Å². The highest BCUT2D eigenvalue weighted by Crippen LogP contribution is 2.76. The Morgan fingerprint density at radius 3 is 1.71 bits per heavy atom. The molecule has 66 heavy (non-hydrogen) atoms. The lowest BCUT2D eigenvalue weighted by molar-refractivity contribution is -0.378. The number of fused-ring (bicyclic) bond motifs is 5. The van der Waals surface area contributed by atoms with Gasteiger partial charge in [0.05, 0.1) is 37.6 Å². The summed E-state index contributed by atoms with van der Waals surface area (Å²) in [5.74, 6) is -0.151. The Morgan fingerprint density at radius 1 is 0.606 bits per heavy atom. The number of ether oxygens (including phenoxy) is 6. The fourth-order valence-corrected chi connectivity index (χ4v) is 14.9. The summed E-state index contributed by atoms with van der Waals surface area (Å²) in [6.07, 6.45) is -15.4. The third-order valence-electron chi connectivity index (χ3n) is 18.8. The first-order chi connectivity index (χ1) is 30.8. The van der Waals surface area contributed by atoms with Crippen molar-refractivity contribution in [2.75, 3.05) is 19.8 Å². The summed E-state index contributed by atoms with van der Waals surface area (Å²) < 4.78 is 37.2. The van der Waals surface area contributed by atoms with Crippen molar-refractivity contribution in [3.63, 3.8) is 0 Å². The lowest BCUT2D eigenvalue weighted by Crippen LogP contribution is -2.68. The Kier molecular flexibility index (Phi) is 15.7. The third kappa shape index (κ3) is 8.79. The van der Waals surface area contributed by atoms with Crippen LogP contribution in [0.3, 0.4) is 0 Å². The molecule has 0 radical (unpaired) electrons. The normalized spacial score (nSPS) is 52.4. The van der Waals surface area contributed by atoms with Crippen LogP contribution in [-0.4, -0.2) is 191 Å². The molecule has 0 amide bonds. The highest BCUT2D eigenvalue weighted by molar-refractivity contribution is 5.20. The quantitative estimate of drug-likeness (QED) is 0.0853. The van der Waals surface area contributed by atoms with Crippen LogP contribution in [-0.2, 0) is 28.4 Å². The van der Waals surface area contributed by atoms with Gasteiger partial charge in [0.25, 0.3) is 0 Å². The van der Waals surface area contributed by atoms with Crippen molar-refractivity contribution < 1.29 is 89.7 Å². The highest BCUT2D eigenvalue weighted by atomic mass is 16.8. The molecule has 0 aromatic carbocycles. The van der Waals surface area contributed by atoms with Gasteiger partial charge in [-0.3, -0.25) is 0 Å². The van der Waals surface area contributed by atoms with Crippen molar-refractivity contribution in [3.05, 3.63) is 11.6 Å². The van der Waals surface area contributed by atoms with Crippen molar-refractivity contribution in [1.82, 2.24) is 0 Å². The Labute approximate surface area is 388 Å². The highest BCUT2D eigenvalue weighted by Gasteiger charge is 2.72. The van der Waals surface area contributed by atoms with Gasteiger partial charge in [-0.1, -0.05) is 46.3 Å². The molecule has 382 valence electrons. The summed E-state index contributed by atoms with van der Waals surface area (Å²) in [6.45, 7) is 15.5. The SMILES string of the molecule is CC(C)=CCC[C@](C)(O[C@@H]1O[C@H](CO)[C@@H](O)[C@H](O)[C@H]1O)[C@H]1CC[C@]2(C)C1[C@H](O)C[C@@H]1[C@@]3(C)CC[C@H](O[C@@H]4O[C@H](CO)[C@@H](O)[C@H](O)[C@H]4O[C@@H]4O[C@H](CO)[C@@H](O)[C@H](O)[C@H]4O)C(C)(C)C3CC[C@]12C. The molecule has 2 unspecified atom stereocenters. The van der Waals surface area contributed by atoms with Gasteiger partial charge in [0.1, 0.15) is 73.2 Å². The minimum absolute atomic E-state index is 0.0905. The van der Waals surface area contributed by atoms with E-state index in [4.69, 9.17) is 28.4 Å². The smallest absolute Gasteiger partial charge is 0.187 e. The fraction of sp³-hybridized carbons (Fsp3) is 0.958. The van der Waals surface area contributed by atoms with Crippen molar-refractivity contribution in [3.8, 4) is 0 Å². The lowest BCUT2D eigenvalue weighted by Gasteiger charge is -2.71. The van der Waals surface area contributed by atoms with Gasteiger partial charge in [0.2, 0.25) is 0 Å². The number of hydrogen-bond acceptors (Lipinski definition) is 18. The van der Waals surface area contributed by atoms with E-state index >= 15 is 0 Å². The third-order valence-corrected chi connectivity index (χ3v) is 18.8. The second-order valence-electron chi connectivity index (χ2n) is 22.9. The molecule has 0 bridgehead atoms. The molecule has 3 heterocycles. The zero-order valence-corrected chi connectivity index (χ0v) is 40.0. The molecule has 4 aliphatic carbocycles. The van der Waals surface area contributed by atoms with Gasteiger partial charge in [-0.15, -0.1) is 0 Å². The molecule has 3 aliphatic heterocycles. The first-order valence-corrected chi connectivity index (χ1v) is 24.4. The average molecular weight is 947 g/mol. The monoisotopic (exact) mass is 947 g/mol. The van der Waals surface area contributed by atoms with E-state index in [-0.39, 0.29) is 39.9 Å². The lowest BCUT2D eigenvalue weighted by atomic mass is 9.35. The molecular formula is C48H82O18. The number of rotatable bonds is 13. The molecule has 0 aromatic heterocycles. The molecule has 3 saturated heterocycles. The first kappa shape index (κ1) is 52.8. The van der Waals surface area contributed by atoms with Crippen LogP contribution in [0.15, 0.2) is 11.6 Å². The molecular weight excluding hydrogens is 865 g/mol. The minimum Gasteiger partial charge on any atom is -0.394 e. The topological polar surface area (TPSA) is 298 Å². The Morgan fingerprint density at radius 2 is 1.14 bits per heavy atom. The summed E-state index contributed by atoms with van der Waals surface area (Å²) in [5, 5.41) is 129. The van der Waals surface area contributed by atoms with Crippen LogP contribution < -0.4 is 0 Å². The Bertz CT molecular complexity index is 1680. The van der Waals surface area contributed by atoms with Crippen LogP contribution in [0.2, 0.25) is 0 Å². The maximum atomic E-state index is 12.7. The van der Waals surface area contributed by atoms with E-state index in [0.29, 0.717) is 25.7 Å². The molecule has 0 aromatic rings. The van der Waals surface area contributed by atoms with Crippen LogP contribution in [0.1, 0.15) is 113 Å². The minimum atomic E-state index is -1.79. The molecule has 18 heteroatoms. The largest absolute Gasteiger partial charge is 0.394 e. The summed E-state index contributed by atoms with van der Waals surface area (Å²) in [4.78, 5) is 0. The summed E-state index contributed by atoms with van der Waals surface area (Å²) in [5.41, 5.74) is -1.12. The molecule has 7 fully saturated rings. The van der Waals surface area contributed by atoms with Gasteiger partial charge in [0.15, 0.2) is 18.9 Å². The Hall–Kier alpha value is -0.980. The summed E-state index contributed by atoms with van der Waals surface area (Å²) in [6, 6.07) is 0. The number of aliphatic hydroxyl groups excluding tert-OH is 12. The molecule has 7 rings (SSSR count). The predicted molar refractivity (Wildman–Crippen MR) is 234 cm³/mol. The van der Waals surface area contributed by atoms with Gasteiger partial charge in [-0.2, -0.15) is 0 Å². The molecule has 18 nitrogen and oxygen atoms in total. The zero-order chi connectivity index (χ0) is 48.6. The average Bonchev–Trinajstić information content (AvgIpc) is 3.65. The van der Waals surface area contributed by atoms with E-state index in [1.54, 1.807) is 0 Å². The van der Waals surface area contributed by atoms with E-state index in [1.165, 1.54) is 0 Å². The molecule has 7 aliphatic rings. The van der Waals surface area contributed by atoms with Crippen molar-refractivity contribution >= 4 is 0 Å². The number of allylic oxidation sites excluding steroid dienone is 2.